The van der Waals surface area contributed by atoms with Gasteiger partial charge in [0.05, 0.1) is 0 Å². The predicted octanol–water partition coefficient (Wildman–Crippen LogP) is 4.08. The van der Waals surface area contributed by atoms with Crippen LogP contribution >= 0.6 is 23.7 Å². The summed E-state index contributed by atoms with van der Waals surface area (Å²) in [5, 5.41) is 5.92. The van der Waals surface area contributed by atoms with Gasteiger partial charge in [-0.1, -0.05) is 12.8 Å². The lowest BCUT2D eigenvalue weighted by Crippen LogP contribution is -2.35. The maximum atomic E-state index is 12.2. The van der Waals surface area contributed by atoms with Crippen molar-refractivity contribution in [3.63, 3.8) is 0 Å². The van der Waals surface area contributed by atoms with Crippen LogP contribution in [0.4, 0.5) is 5.69 Å². The van der Waals surface area contributed by atoms with Gasteiger partial charge in [-0.15, -0.1) is 23.7 Å². The molecule has 124 valence electrons. The zero-order chi connectivity index (χ0) is 15.4. The number of carbonyl (C=O) groups is 1. The van der Waals surface area contributed by atoms with Gasteiger partial charge in [-0.2, -0.15) is 0 Å². The van der Waals surface area contributed by atoms with Crippen LogP contribution in [-0.2, 0) is 4.79 Å². The number of nitrogens with zero attached hydrogens (tertiary/aromatic N) is 1. The van der Waals surface area contributed by atoms with E-state index in [-0.39, 0.29) is 24.4 Å². The molecule has 1 aliphatic rings. The zero-order valence-corrected chi connectivity index (χ0v) is 14.5. The van der Waals surface area contributed by atoms with Crippen LogP contribution in [0, 0.1) is 5.92 Å². The molecular formula is C17H22ClN3OS. The van der Waals surface area contributed by atoms with Gasteiger partial charge in [-0.25, -0.2) is 4.98 Å². The van der Waals surface area contributed by atoms with E-state index in [2.05, 4.69) is 10.3 Å². The van der Waals surface area contributed by atoms with Gasteiger partial charge >= 0.3 is 0 Å². The normalized spacial score (nSPS) is 20.6. The SMILES string of the molecule is Cl.NC1CCCCC1CC(=O)Nc1ccc(-c2nccs2)cc1. The second-order valence-corrected chi connectivity index (χ2v) is 6.77. The van der Waals surface area contributed by atoms with E-state index in [0.717, 1.165) is 29.1 Å². The van der Waals surface area contributed by atoms with Gasteiger partial charge in [-0.3, -0.25) is 4.79 Å². The van der Waals surface area contributed by atoms with E-state index in [4.69, 9.17) is 5.73 Å². The Labute approximate surface area is 146 Å². The van der Waals surface area contributed by atoms with Crippen molar-refractivity contribution in [2.75, 3.05) is 5.32 Å². The lowest BCUT2D eigenvalue weighted by Gasteiger charge is -2.27. The van der Waals surface area contributed by atoms with E-state index in [1.165, 1.54) is 12.8 Å². The molecule has 1 aliphatic carbocycles. The maximum absolute atomic E-state index is 12.2. The fourth-order valence-electron chi connectivity index (χ4n) is 3.00. The summed E-state index contributed by atoms with van der Waals surface area (Å²) < 4.78 is 0. The minimum absolute atomic E-state index is 0. The van der Waals surface area contributed by atoms with Crippen LogP contribution in [0.3, 0.4) is 0 Å². The molecule has 4 nitrogen and oxygen atoms in total. The van der Waals surface area contributed by atoms with Crippen molar-refractivity contribution in [2.24, 2.45) is 11.7 Å². The molecule has 1 fully saturated rings. The molecule has 0 saturated heterocycles. The molecule has 3 rings (SSSR count). The van der Waals surface area contributed by atoms with Crippen molar-refractivity contribution >= 4 is 35.3 Å². The highest BCUT2D eigenvalue weighted by molar-refractivity contribution is 7.13. The summed E-state index contributed by atoms with van der Waals surface area (Å²) in [7, 11) is 0. The smallest absolute Gasteiger partial charge is 0.224 e. The van der Waals surface area contributed by atoms with Gasteiger partial charge in [0.1, 0.15) is 5.01 Å². The van der Waals surface area contributed by atoms with Crippen molar-refractivity contribution in [1.29, 1.82) is 0 Å². The molecule has 0 spiro atoms. The number of hydrogen-bond donors (Lipinski definition) is 2. The van der Waals surface area contributed by atoms with Crippen LogP contribution in [0.25, 0.3) is 10.6 Å². The average molecular weight is 352 g/mol. The number of hydrogen-bond acceptors (Lipinski definition) is 4. The third kappa shape index (κ3) is 4.77. The molecule has 3 N–H and O–H groups in total. The summed E-state index contributed by atoms with van der Waals surface area (Å²) in [5.74, 6) is 0.382. The number of halogens is 1. The fourth-order valence-corrected chi connectivity index (χ4v) is 3.65. The van der Waals surface area contributed by atoms with Gasteiger partial charge < -0.3 is 11.1 Å². The van der Waals surface area contributed by atoms with Crippen LogP contribution in [0.15, 0.2) is 35.8 Å². The Morgan fingerprint density at radius 1 is 1.26 bits per heavy atom. The Balaban J connectivity index is 0.00000192. The Morgan fingerprint density at radius 3 is 2.65 bits per heavy atom. The molecule has 1 aromatic carbocycles. The summed E-state index contributed by atoms with van der Waals surface area (Å²) in [6.07, 6.45) is 6.81. The highest BCUT2D eigenvalue weighted by Gasteiger charge is 2.24. The third-order valence-electron chi connectivity index (χ3n) is 4.26. The summed E-state index contributed by atoms with van der Waals surface area (Å²) >= 11 is 1.61. The van der Waals surface area contributed by atoms with Gasteiger partial charge in [0.2, 0.25) is 5.91 Å². The molecule has 0 aliphatic heterocycles. The van der Waals surface area contributed by atoms with Gasteiger partial charge in [0.15, 0.2) is 0 Å². The van der Waals surface area contributed by atoms with Crippen molar-refractivity contribution in [3.05, 3.63) is 35.8 Å². The summed E-state index contributed by atoms with van der Waals surface area (Å²) in [6.45, 7) is 0. The quantitative estimate of drug-likeness (QED) is 0.872. The van der Waals surface area contributed by atoms with Gasteiger partial charge in [0, 0.05) is 35.3 Å². The summed E-state index contributed by atoms with van der Waals surface area (Å²) in [6, 6.07) is 8.00. The minimum Gasteiger partial charge on any atom is -0.327 e. The Bertz CT molecular complexity index is 615. The second-order valence-electron chi connectivity index (χ2n) is 5.88. The number of aromatic nitrogens is 1. The minimum atomic E-state index is 0. The first-order valence-corrected chi connectivity index (χ1v) is 8.66. The molecule has 2 unspecified atom stereocenters. The average Bonchev–Trinajstić information content (AvgIpc) is 3.05. The van der Waals surface area contributed by atoms with E-state index in [1.807, 2.05) is 29.6 Å². The molecule has 23 heavy (non-hydrogen) atoms. The molecular weight excluding hydrogens is 330 g/mol. The van der Waals surface area contributed by atoms with Crippen molar-refractivity contribution in [3.8, 4) is 10.6 Å². The van der Waals surface area contributed by atoms with Crippen molar-refractivity contribution in [1.82, 2.24) is 4.98 Å². The predicted molar refractivity (Wildman–Crippen MR) is 98.0 cm³/mol. The second kappa shape index (κ2) is 8.43. The van der Waals surface area contributed by atoms with E-state index >= 15 is 0 Å². The van der Waals surface area contributed by atoms with E-state index in [0.29, 0.717) is 12.3 Å². The lowest BCUT2D eigenvalue weighted by molar-refractivity contribution is -0.117. The van der Waals surface area contributed by atoms with Gasteiger partial charge in [0.25, 0.3) is 0 Å². The van der Waals surface area contributed by atoms with Crippen LogP contribution < -0.4 is 11.1 Å². The number of nitrogens with two attached hydrogens (primary N) is 1. The molecule has 1 amide bonds. The fraction of sp³-hybridized carbons (Fsp3) is 0.412. The van der Waals surface area contributed by atoms with Crippen LogP contribution in [-0.4, -0.2) is 16.9 Å². The number of anilines is 1. The van der Waals surface area contributed by atoms with Gasteiger partial charge in [-0.05, 0) is 43.0 Å². The highest BCUT2D eigenvalue weighted by atomic mass is 35.5. The highest BCUT2D eigenvalue weighted by Crippen LogP contribution is 2.27. The number of benzene rings is 1. The van der Waals surface area contributed by atoms with Crippen LogP contribution in [0.2, 0.25) is 0 Å². The molecule has 1 heterocycles. The number of carbonyl (C=O) groups excluding carboxylic acids is 1. The molecule has 2 aromatic rings. The largest absolute Gasteiger partial charge is 0.327 e. The number of amides is 1. The zero-order valence-electron chi connectivity index (χ0n) is 12.9. The molecule has 6 heteroatoms. The first-order chi connectivity index (χ1) is 10.7. The Kier molecular flexibility index (Phi) is 6.57. The van der Waals surface area contributed by atoms with Crippen LogP contribution in [0.1, 0.15) is 32.1 Å². The van der Waals surface area contributed by atoms with E-state index in [9.17, 15) is 4.79 Å². The topological polar surface area (TPSA) is 68.0 Å². The van der Waals surface area contributed by atoms with E-state index < -0.39 is 0 Å². The molecule has 1 aromatic heterocycles. The maximum Gasteiger partial charge on any atom is 0.224 e. The molecule has 2 atom stereocenters. The molecule has 0 bridgehead atoms. The Morgan fingerprint density at radius 2 is 2.00 bits per heavy atom. The first kappa shape index (κ1) is 17.9. The number of thiazole rings is 1. The van der Waals surface area contributed by atoms with E-state index in [1.54, 1.807) is 17.5 Å². The standard InChI is InChI=1S/C17H21N3OS.ClH/c18-15-4-2-1-3-13(15)11-16(21)20-14-7-5-12(6-8-14)17-19-9-10-22-17;/h5-10,13,15H,1-4,11,18H2,(H,20,21);1H. The third-order valence-corrected chi connectivity index (χ3v) is 5.09. The number of nitrogens with one attached hydrogen (secondary N) is 1. The Hall–Kier alpha value is -1.43. The monoisotopic (exact) mass is 351 g/mol. The molecule has 1 saturated carbocycles. The van der Waals surface area contributed by atoms with Crippen molar-refractivity contribution < 1.29 is 4.79 Å². The first-order valence-electron chi connectivity index (χ1n) is 7.78. The summed E-state index contributed by atoms with van der Waals surface area (Å²) in [5.41, 5.74) is 8.01. The summed E-state index contributed by atoms with van der Waals surface area (Å²) in [4.78, 5) is 16.4. The lowest BCUT2D eigenvalue weighted by atomic mass is 9.83. The molecule has 0 radical (unpaired) electrons. The number of rotatable bonds is 4. The van der Waals surface area contributed by atoms with Crippen LogP contribution in [0.5, 0.6) is 0 Å². The van der Waals surface area contributed by atoms with Crippen molar-refractivity contribution in [2.45, 2.75) is 38.1 Å².